The van der Waals surface area contributed by atoms with E-state index in [-0.39, 0.29) is 0 Å². The summed E-state index contributed by atoms with van der Waals surface area (Å²) in [5, 5.41) is 6.86. The molecule has 2 aliphatic heterocycles. The van der Waals surface area contributed by atoms with Gasteiger partial charge in [0, 0.05) is 30.8 Å². The SMILES string of the molecule is c1cc2c(cc1NC1CCNC1)OCCCO2. The van der Waals surface area contributed by atoms with E-state index in [1.165, 1.54) is 6.42 Å². The summed E-state index contributed by atoms with van der Waals surface area (Å²) in [4.78, 5) is 0. The molecule has 3 rings (SSSR count). The Balaban J connectivity index is 1.74. The molecule has 0 bridgehead atoms. The van der Waals surface area contributed by atoms with Crippen molar-refractivity contribution < 1.29 is 9.47 Å². The minimum absolute atomic E-state index is 0.528. The van der Waals surface area contributed by atoms with Crippen molar-refractivity contribution in [1.82, 2.24) is 5.32 Å². The predicted molar refractivity (Wildman–Crippen MR) is 66.9 cm³/mol. The van der Waals surface area contributed by atoms with E-state index in [0.717, 1.165) is 49.9 Å². The van der Waals surface area contributed by atoms with E-state index in [4.69, 9.17) is 9.47 Å². The third-order valence-corrected chi connectivity index (χ3v) is 3.18. The fourth-order valence-corrected chi connectivity index (χ4v) is 2.27. The van der Waals surface area contributed by atoms with Gasteiger partial charge in [0.25, 0.3) is 0 Å². The number of hydrogen-bond acceptors (Lipinski definition) is 4. The maximum absolute atomic E-state index is 5.67. The highest BCUT2D eigenvalue weighted by molar-refractivity contribution is 5.55. The van der Waals surface area contributed by atoms with Gasteiger partial charge in [-0.1, -0.05) is 0 Å². The van der Waals surface area contributed by atoms with Crippen LogP contribution in [0, 0.1) is 0 Å². The van der Waals surface area contributed by atoms with Gasteiger partial charge < -0.3 is 20.1 Å². The lowest BCUT2D eigenvalue weighted by molar-refractivity contribution is 0.297. The van der Waals surface area contributed by atoms with Gasteiger partial charge in [0.2, 0.25) is 0 Å². The first-order valence-corrected chi connectivity index (χ1v) is 6.29. The number of rotatable bonds is 2. The van der Waals surface area contributed by atoms with Crippen LogP contribution in [0.15, 0.2) is 18.2 Å². The standard InChI is InChI=1S/C13H18N2O2/c1-6-16-12-3-2-10(8-13(12)17-7-1)15-11-4-5-14-9-11/h2-3,8,11,14-15H,1,4-7,9H2. The van der Waals surface area contributed by atoms with Gasteiger partial charge in [-0.2, -0.15) is 0 Å². The van der Waals surface area contributed by atoms with Crippen molar-refractivity contribution in [2.75, 3.05) is 31.6 Å². The molecule has 2 aliphatic rings. The lowest BCUT2D eigenvalue weighted by Crippen LogP contribution is -2.21. The molecule has 1 saturated heterocycles. The van der Waals surface area contributed by atoms with Crippen molar-refractivity contribution >= 4 is 5.69 Å². The van der Waals surface area contributed by atoms with Crippen molar-refractivity contribution in [2.24, 2.45) is 0 Å². The summed E-state index contributed by atoms with van der Waals surface area (Å²) >= 11 is 0. The molecule has 92 valence electrons. The molecule has 0 aromatic heterocycles. The molecule has 1 atom stereocenters. The van der Waals surface area contributed by atoms with E-state index in [2.05, 4.69) is 16.7 Å². The molecule has 1 fully saturated rings. The second-order valence-electron chi connectivity index (χ2n) is 4.55. The normalized spacial score (nSPS) is 23.2. The molecule has 1 aromatic carbocycles. The van der Waals surface area contributed by atoms with Crippen molar-refractivity contribution in [1.29, 1.82) is 0 Å². The Hall–Kier alpha value is -1.42. The predicted octanol–water partition coefficient (Wildman–Crippen LogP) is 1.62. The zero-order valence-corrected chi connectivity index (χ0v) is 9.87. The quantitative estimate of drug-likeness (QED) is 0.816. The van der Waals surface area contributed by atoms with Gasteiger partial charge in [0.15, 0.2) is 11.5 Å². The molecule has 4 heteroatoms. The van der Waals surface area contributed by atoms with Crippen molar-refractivity contribution in [3.8, 4) is 11.5 Å². The molecular weight excluding hydrogens is 216 g/mol. The summed E-state index contributed by atoms with van der Waals surface area (Å²) < 4.78 is 11.3. The zero-order chi connectivity index (χ0) is 11.5. The molecule has 0 aliphatic carbocycles. The topological polar surface area (TPSA) is 42.5 Å². The minimum atomic E-state index is 0.528. The highest BCUT2D eigenvalue weighted by Crippen LogP contribution is 2.32. The van der Waals surface area contributed by atoms with E-state index in [0.29, 0.717) is 6.04 Å². The zero-order valence-electron chi connectivity index (χ0n) is 9.87. The van der Waals surface area contributed by atoms with Crippen LogP contribution in [0.3, 0.4) is 0 Å². The van der Waals surface area contributed by atoms with Crippen LogP contribution in [0.5, 0.6) is 11.5 Å². The van der Waals surface area contributed by atoms with Gasteiger partial charge >= 0.3 is 0 Å². The number of nitrogens with one attached hydrogen (secondary N) is 2. The number of ether oxygens (including phenoxy) is 2. The Morgan fingerprint density at radius 1 is 1.18 bits per heavy atom. The molecule has 17 heavy (non-hydrogen) atoms. The van der Waals surface area contributed by atoms with E-state index >= 15 is 0 Å². The number of hydrogen-bond donors (Lipinski definition) is 2. The lowest BCUT2D eigenvalue weighted by Gasteiger charge is -2.15. The molecule has 0 spiro atoms. The molecule has 4 nitrogen and oxygen atoms in total. The molecule has 1 aromatic rings. The Labute approximate surface area is 101 Å². The summed E-state index contributed by atoms with van der Waals surface area (Å²) in [6, 6.07) is 6.62. The summed E-state index contributed by atoms with van der Waals surface area (Å²) in [5.74, 6) is 1.72. The first-order chi connectivity index (χ1) is 8.42. The first kappa shape index (κ1) is 10.7. The summed E-state index contributed by atoms with van der Waals surface area (Å²) in [6.45, 7) is 3.62. The number of fused-ring (bicyclic) bond motifs is 1. The van der Waals surface area contributed by atoms with Crippen LogP contribution in [0.4, 0.5) is 5.69 Å². The summed E-state index contributed by atoms with van der Waals surface area (Å²) in [6.07, 6.45) is 2.12. The third kappa shape index (κ3) is 2.47. The molecule has 0 saturated carbocycles. The average molecular weight is 234 g/mol. The minimum Gasteiger partial charge on any atom is -0.490 e. The van der Waals surface area contributed by atoms with Gasteiger partial charge in [-0.25, -0.2) is 0 Å². The lowest BCUT2D eigenvalue weighted by atomic mass is 10.2. The maximum Gasteiger partial charge on any atom is 0.163 e. The van der Waals surface area contributed by atoms with Crippen LogP contribution in [0.2, 0.25) is 0 Å². The van der Waals surface area contributed by atoms with E-state index < -0.39 is 0 Å². The first-order valence-electron chi connectivity index (χ1n) is 6.29. The molecule has 2 heterocycles. The second-order valence-corrected chi connectivity index (χ2v) is 4.55. The van der Waals surface area contributed by atoms with Crippen LogP contribution in [-0.4, -0.2) is 32.3 Å². The van der Waals surface area contributed by atoms with Crippen molar-refractivity contribution in [3.63, 3.8) is 0 Å². The largest absolute Gasteiger partial charge is 0.490 e. The van der Waals surface area contributed by atoms with Gasteiger partial charge in [-0.05, 0) is 25.1 Å². The smallest absolute Gasteiger partial charge is 0.163 e. The molecule has 2 N–H and O–H groups in total. The van der Waals surface area contributed by atoms with Gasteiger partial charge in [-0.15, -0.1) is 0 Å². The van der Waals surface area contributed by atoms with Crippen LogP contribution in [0.1, 0.15) is 12.8 Å². The van der Waals surface area contributed by atoms with Crippen LogP contribution >= 0.6 is 0 Å². The molecule has 0 radical (unpaired) electrons. The van der Waals surface area contributed by atoms with E-state index in [9.17, 15) is 0 Å². The van der Waals surface area contributed by atoms with Crippen molar-refractivity contribution in [3.05, 3.63) is 18.2 Å². The van der Waals surface area contributed by atoms with Gasteiger partial charge in [0.1, 0.15) is 0 Å². The summed E-state index contributed by atoms with van der Waals surface area (Å²) in [5.41, 5.74) is 1.11. The fraction of sp³-hybridized carbons (Fsp3) is 0.538. The molecule has 0 amide bonds. The fourth-order valence-electron chi connectivity index (χ4n) is 2.27. The summed E-state index contributed by atoms with van der Waals surface area (Å²) in [7, 11) is 0. The Kier molecular flexibility index (Phi) is 3.05. The second kappa shape index (κ2) is 4.84. The van der Waals surface area contributed by atoms with Gasteiger partial charge in [0.05, 0.1) is 13.2 Å². The van der Waals surface area contributed by atoms with E-state index in [1.54, 1.807) is 0 Å². The molecular formula is C13H18N2O2. The van der Waals surface area contributed by atoms with Crippen molar-refractivity contribution in [2.45, 2.75) is 18.9 Å². The van der Waals surface area contributed by atoms with E-state index in [1.807, 2.05) is 12.1 Å². The number of benzene rings is 1. The van der Waals surface area contributed by atoms with Crippen LogP contribution in [0.25, 0.3) is 0 Å². The Morgan fingerprint density at radius 3 is 2.88 bits per heavy atom. The average Bonchev–Trinajstić information content (AvgIpc) is 2.73. The Bertz CT molecular complexity index is 389. The van der Waals surface area contributed by atoms with Crippen LogP contribution < -0.4 is 20.1 Å². The monoisotopic (exact) mass is 234 g/mol. The number of anilines is 1. The highest BCUT2D eigenvalue weighted by atomic mass is 16.5. The molecule has 1 unspecified atom stereocenters. The Morgan fingerprint density at radius 2 is 2.06 bits per heavy atom. The third-order valence-electron chi connectivity index (χ3n) is 3.18. The van der Waals surface area contributed by atoms with Crippen LogP contribution in [-0.2, 0) is 0 Å². The van der Waals surface area contributed by atoms with Gasteiger partial charge in [-0.3, -0.25) is 0 Å². The maximum atomic E-state index is 5.67. The highest BCUT2D eigenvalue weighted by Gasteiger charge is 2.15.